The van der Waals surface area contributed by atoms with Crippen LogP contribution in [-0.4, -0.2) is 183 Å². The average molecular weight is 1220 g/mol. The van der Waals surface area contributed by atoms with Crippen LogP contribution < -0.4 is 16.0 Å². The summed E-state index contributed by atoms with van der Waals surface area (Å²) in [6, 6.07) is 10.3. The molecular weight excluding hydrogens is 1120 g/mol. The van der Waals surface area contributed by atoms with Crippen molar-refractivity contribution >= 4 is 53.2 Å². The number of amides is 8. The average Bonchev–Trinajstić information content (AvgIpc) is 4.24. The fraction of sp³-hybridized carbons (Fsp3) is 0.618. The number of aromatic nitrogens is 1. The van der Waals surface area contributed by atoms with Crippen LogP contribution in [0.1, 0.15) is 152 Å². The van der Waals surface area contributed by atoms with Crippen LogP contribution in [0.5, 0.6) is 0 Å². The minimum Gasteiger partial charge on any atom is -0.450 e. The first kappa shape index (κ1) is 71.5. The van der Waals surface area contributed by atoms with Crippen LogP contribution in [0.15, 0.2) is 72.9 Å². The van der Waals surface area contributed by atoms with Gasteiger partial charge in [0.2, 0.25) is 41.4 Å². The third-order valence-corrected chi connectivity index (χ3v) is 17.6. The number of cyclic esters (lactones) is 1. The SMILES string of the molecule is CC[C@H](C)[C@@H]1NC(=O)[C@@H]2CCCN2C(=O)[C@H](Cc2cccc(-c3ccnc(C(C)C)c3)c2)N(C)C(=O)[C@H](Cc2ccccc2)NC(=O)[C@H](C(C)C)N(C)C(=O)[C@@H]([C@@H](C)CC)OC(=O)[C@H](C(C)(C)O)N(C)C(=O)[C@H](CC(C)C)NC(=O)[C@H](C(C)C)N(C)C1=O. The van der Waals surface area contributed by atoms with E-state index >= 15 is 28.8 Å². The van der Waals surface area contributed by atoms with Gasteiger partial charge < -0.3 is 50.3 Å². The van der Waals surface area contributed by atoms with E-state index in [0.29, 0.717) is 30.4 Å². The van der Waals surface area contributed by atoms with Gasteiger partial charge in [0.05, 0.1) is 5.60 Å². The topological polar surface area (TPSA) is 248 Å². The molecule has 11 atom stereocenters. The van der Waals surface area contributed by atoms with Crippen molar-refractivity contribution in [1.82, 2.24) is 45.4 Å². The van der Waals surface area contributed by atoms with Gasteiger partial charge in [-0.1, -0.05) is 144 Å². The quantitative estimate of drug-likeness (QED) is 0.118. The molecule has 0 radical (unpaired) electrons. The first-order chi connectivity index (χ1) is 41.2. The number of carbonyl (C=O) groups excluding carboxylic acids is 9. The van der Waals surface area contributed by atoms with E-state index in [2.05, 4.69) is 34.8 Å². The summed E-state index contributed by atoms with van der Waals surface area (Å²) in [6.45, 7) is 24.8. The summed E-state index contributed by atoms with van der Waals surface area (Å²) in [5.41, 5.74) is 2.04. The number of pyridine rings is 1. The van der Waals surface area contributed by atoms with Crippen molar-refractivity contribution in [2.24, 2.45) is 29.6 Å². The third-order valence-electron chi connectivity index (χ3n) is 17.6. The zero-order valence-corrected chi connectivity index (χ0v) is 55.5. The Labute approximate surface area is 522 Å². The number of hydrogen-bond donors (Lipinski definition) is 4. The molecule has 0 saturated carbocycles. The van der Waals surface area contributed by atoms with Gasteiger partial charge in [-0.25, -0.2) is 4.79 Å². The number of nitrogens with one attached hydrogen (secondary N) is 3. The maximum atomic E-state index is 15.7. The van der Waals surface area contributed by atoms with Gasteiger partial charge in [-0.2, -0.15) is 0 Å². The first-order valence-corrected chi connectivity index (χ1v) is 31.6. The Hall–Kier alpha value is -7.22. The monoisotopic (exact) mass is 1220 g/mol. The Morgan fingerprint density at radius 3 is 1.72 bits per heavy atom. The van der Waals surface area contributed by atoms with Crippen molar-refractivity contribution < 1.29 is 53.0 Å². The van der Waals surface area contributed by atoms with Crippen LogP contribution in [0.2, 0.25) is 0 Å². The molecule has 2 fully saturated rings. The lowest BCUT2D eigenvalue weighted by Crippen LogP contribution is -2.63. The second-order valence-corrected chi connectivity index (χ2v) is 26.5. The van der Waals surface area contributed by atoms with Crippen molar-refractivity contribution in [3.8, 4) is 11.1 Å². The molecular formula is C68H101N9O11. The van der Waals surface area contributed by atoms with E-state index in [0.717, 1.165) is 21.7 Å². The standard InChI is InChI=1S/C68H101N9O11/c1-19-43(11)54-65(84)74(16)55(41(7)8)60(79)70-50(34-39(3)4)63(82)76(18)58(68(13,14)87)67(86)88-57(44(12)20-2)66(85)75(17)56(42(9)10)61(80)71-51(36-45-26-22-21-23-27-45)62(81)73(15)53(64(83)77-33-25-30-52(77)59(78)72-54)37-46-28-24-29-47(35-46)48-31-32-69-49(38-48)40(5)6/h21-24,26-29,31-32,35,38-44,50-58,87H,19-20,25,30,33-34,36-37H2,1-18H3,(H,70,79)(H,71,80)(H,72,78)/t43-,44-,50-,51-,52-,53-,54-,55-,56-,57+,58+/m0/s1. The second kappa shape index (κ2) is 31.3. The molecule has 8 amide bonds. The van der Waals surface area contributed by atoms with Crippen molar-refractivity contribution in [3.63, 3.8) is 0 Å². The van der Waals surface area contributed by atoms with Crippen molar-refractivity contribution in [2.45, 2.75) is 208 Å². The van der Waals surface area contributed by atoms with E-state index in [4.69, 9.17) is 4.74 Å². The second-order valence-electron chi connectivity index (χ2n) is 26.5. The molecule has 20 nitrogen and oxygen atoms in total. The molecule has 2 aromatic carbocycles. The number of rotatable bonds is 15. The van der Waals surface area contributed by atoms with Crippen LogP contribution in [0.25, 0.3) is 11.1 Å². The molecule has 484 valence electrons. The van der Waals surface area contributed by atoms with E-state index in [1.54, 1.807) is 59.9 Å². The molecule has 88 heavy (non-hydrogen) atoms. The first-order valence-electron chi connectivity index (χ1n) is 31.6. The molecule has 3 heterocycles. The molecule has 5 rings (SSSR count). The van der Waals surface area contributed by atoms with Gasteiger partial charge in [-0.05, 0) is 104 Å². The molecule has 2 aliphatic rings. The van der Waals surface area contributed by atoms with Gasteiger partial charge in [-0.15, -0.1) is 0 Å². The van der Waals surface area contributed by atoms with Gasteiger partial charge in [0.1, 0.15) is 42.3 Å². The molecule has 20 heteroatoms. The van der Waals surface area contributed by atoms with Crippen molar-refractivity contribution in [2.75, 3.05) is 34.7 Å². The highest BCUT2D eigenvalue weighted by Gasteiger charge is 2.48. The summed E-state index contributed by atoms with van der Waals surface area (Å²) >= 11 is 0. The Morgan fingerprint density at radius 2 is 1.16 bits per heavy atom. The molecule has 0 spiro atoms. The van der Waals surface area contributed by atoms with E-state index < -0.39 is 137 Å². The molecule has 2 saturated heterocycles. The Balaban J connectivity index is 1.74. The molecule has 3 aromatic rings. The number of likely N-dealkylation sites (N-methyl/N-ethyl adjacent to an activating group) is 4. The number of aliphatic hydroxyl groups is 1. The van der Waals surface area contributed by atoms with E-state index in [1.807, 2.05) is 82.3 Å². The summed E-state index contributed by atoms with van der Waals surface area (Å²) in [6.07, 6.45) is 1.67. The highest BCUT2D eigenvalue weighted by molar-refractivity contribution is 5.99. The summed E-state index contributed by atoms with van der Waals surface area (Å²) < 4.78 is 6.14. The largest absolute Gasteiger partial charge is 0.450 e. The molecule has 0 unspecified atom stereocenters. The number of benzene rings is 2. The lowest BCUT2D eigenvalue weighted by atomic mass is 9.93. The van der Waals surface area contributed by atoms with Crippen molar-refractivity contribution in [3.05, 3.63) is 89.7 Å². The van der Waals surface area contributed by atoms with Crippen LogP contribution >= 0.6 is 0 Å². The zero-order chi connectivity index (χ0) is 65.8. The van der Waals surface area contributed by atoms with Gasteiger partial charge >= 0.3 is 5.97 Å². The Kier molecular flexibility index (Phi) is 25.4. The predicted octanol–water partition coefficient (Wildman–Crippen LogP) is 6.56. The number of carbonyl (C=O) groups is 9. The summed E-state index contributed by atoms with van der Waals surface area (Å²) in [4.78, 5) is 147. The Bertz CT molecular complexity index is 2930. The maximum Gasteiger partial charge on any atom is 0.332 e. The third kappa shape index (κ3) is 17.6. The number of fused-ring (bicyclic) bond motifs is 1. The van der Waals surface area contributed by atoms with Gasteiger partial charge in [0.15, 0.2) is 12.1 Å². The fourth-order valence-corrected chi connectivity index (χ4v) is 12.2. The van der Waals surface area contributed by atoms with Crippen LogP contribution in [-0.2, 0) is 60.7 Å². The minimum absolute atomic E-state index is 0.0133. The minimum atomic E-state index is -1.98. The summed E-state index contributed by atoms with van der Waals surface area (Å²) in [5.74, 6) is -8.68. The van der Waals surface area contributed by atoms with E-state index in [9.17, 15) is 19.5 Å². The fourth-order valence-electron chi connectivity index (χ4n) is 12.2. The molecule has 2 aliphatic heterocycles. The van der Waals surface area contributed by atoms with Gasteiger partial charge in [-0.3, -0.25) is 43.3 Å². The summed E-state index contributed by atoms with van der Waals surface area (Å²) in [7, 11) is 5.69. The maximum absolute atomic E-state index is 15.7. The predicted molar refractivity (Wildman–Crippen MR) is 339 cm³/mol. The highest BCUT2D eigenvalue weighted by atomic mass is 16.6. The van der Waals surface area contributed by atoms with Crippen LogP contribution in [0.3, 0.4) is 0 Å². The van der Waals surface area contributed by atoms with Gasteiger partial charge in [0.25, 0.3) is 5.91 Å². The lowest BCUT2D eigenvalue weighted by Gasteiger charge is -2.39. The van der Waals surface area contributed by atoms with Crippen molar-refractivity contribution in [1.29, 1.82) is 0 Å². The number of esters is 1. The zero-order valence-electron chi connectivity index (χ0n) is 55.5. The van der Waals surface area contributed by atoms with Gasteiger partial charge in [0, 0.05) is 65.4 Å². The number of ether oxygens (including phenoxy) is 1. The van der Waals surface area contributed by atoms with Crippen LogP contribution in [0, 0.1) is 29.6 Å². The molecule has 0 bridgehead atoms. The van der Waals surface area contributed by atoms with E-state index in [-0.39, 0.29) is 44.1 Å². The number of nitrogens with zero attached hydrogens (tertiary/aromatic N) is 6. The molecule has 4 N–H and O–H groups in total. The van der Waals surface area contributed by atoms with Crippen LogP contribution in [0.4, 0.5) is 0 Å². The van der Waals surface area contributed by atoms with E-state index in [1.165, 1.54) is 61.6 Å². The molecule has 1 aromatic heterocycles. The molecule has 0 aliphatic carbocycles. The summed E-state index contributed by atoms with van der Waals surface area (Å²) in [5, 5.41) is 20.6. The number of hydrogen-bond acceptors (Lipinski definition) is 12. The lowest BCUT2D eigenvalue weighted by molar-refractivity contribution is -0.177. The Morgan fingerprint density at radius 1 is 0.602 bits per heavy atom. The highest BCUT2D eigenvalue weighted by Crippen LogP contribution is 2.29. The smallest absolute Gasteiger partial charge is 0.332 e. The normalized spacial score (nSPS) is 25.1.